The standard InChI is InChI=1S/C20H21F2N3O3S/c21-17-12-15(13-18(22)19(17)24-8-1-2-9-24)23-20(26)14-4-6-16(7-5-14)25-10-3-11-29(25,27)28/h4-7,12-13H,1-3,8-11H2,(H,23,26). The highest BCUT2D eigenvalue weighted by Crippen LogP contribution is 2.30. The van der Waals surface area contributed by atoms with Gasteiger partial charge in [0.15, 0.2) is 11.6 Å². The van der Waals surface area contributed by atoms with E-state index in [2.05, 4.69) is 5.32 Å². The monoisotopic (exact) mass is 421 g/mol. The third-order valence-electron chi connectivity index (χ3n) is 5.21. The summed E-state index contributed by atoms with van der Waals surface area (Å²) in [6.07, 6.45) is 2.35. The van der Waals surface area contributed by atoms with Crippen molar-refractivity contribution in [2.45, 2.75) is 19.3 Å². The first-order chi connectivity index (χ1) is 13.8. The molecule has 6 nitrogen and oxygen atoms in total. The van der Waals surface area contributed by atoms with Crippen molar-refractivity contribution >= 4 is 33.0 Å². The molecule has 0 atom stereocenters. The van der Waals surface area contributed by atoms with Gasteiger partial charge in [-0.2, -0.15) is 0 Å². The van der Waals surface area contributed by atoms with Crippen molar-refractivity contribution in [3.05, 3.63) is 53.6 Å². The van der Waals surface area contributed by atoms with E-state index >= 15 is 0 Å². The van der Waals surface area contributed by atoms with Crippen LogP contribution in [0.2, 0.25) is 0 Å². The molecular formula is C20H21F2N3O3S. The molecule has 154 valence electrons. The van der Waals surface area contributed by atoms with Gasteiger partial charge in [-0.1, -0.05) is 0 Å². The van der Waals surface area contributed by atoms with Gasteiger partial charge in [-0.3, -0.25) is 9.10 Å². The molecule has 0 aromatic heterocycles. The first-order valence-electron chi connectivity index (χ1n) is 9.51. The van der Waals surface area contributed by atoms with Crippen LogP contribution in [-0.4, -0.2) is 39.7 Å². The molecule has 0 bridgehead atoms. The Morgan fingerprint density at radius 2 is 1.55 bits per heavy atom. The Kier molecular flexibility index (Phi) is 5.16. The zero-order valence-electron chi connectivity index (χ0n) is 15.7. The number of rotatable bonds is 4. The minimum Gasteiger partial charge on any atom is -0.367 e. The van der Waals surface area contributed by atoms with E-state index in [0.29, 0.717) is 31.7 Å². The van der Waals surface area contributed by atoms with Crippen LogP contribution < -0.4 is 14.5 Å². The van der Waals surface area contributed by atoms with Crippen LogP contribution in [0.25, 0.3) is 0 Å². The van der Waals surface area contributed by atoms with Gasteiger partial charge >= 0.3 is 0 Å². The third kappa shape index (κ3) is 3.91. The molecule has 9 heteroatoms. The van der Waals surface area contributed by atoms with Crippen LogP contribution in [0.5, 0.6) is 0 Å². The highest BCUT2D eigenvalue weighted by Gasteiger charge is 2.28. The highest BCUT2D eigenvalue weighted by molar-refractivity contribution is 7.93. The van der Waals surface area contributed by atoms with Crippen molar-refractivity contribution in [3.63, 3.8) is 0 Å². The largest absolute Gasteiger partial charge is 0.367 e. The van der Waals surface area contributed by atoms with Crippen LogP contribution in [0.1, 0.15) is 29.6 Å². The summed E-state index contributed by atoms with van der Waals surface area (Å²) in [5.74, 6) is -1.85. The number of hydrogen-bond acceptors (Lipinski definition) is 4. The van der Waals surface area contributed by atoms with Crippen molar-refractivity contribution < 1.29 is 22.0 Å². The average Bonchev–Trinajstić information content (AvgIpc) is 3.30. The quantitative estimate of drug-likeness (QED) is 0.822. The zero-order valence-corrected chi connectivity index (χ0v) is 16.5. The Morgan fingerprint density at radius 3 is 2.10 bits per heavy atom. The van der Waals surface area contributed by atoms with Crippen molar-refractivity contribution in [2.24, 2.45) is 0 Å². The van der Waals surface area contributed by atoms with Crippen molar-refractivity contribution in [3.8, 4) is 0 Å². The number of anilines is 3. The van der Waals surface area contributed by atoms with Gasteiger partial charge in [-0.25, -0.2) is 17.2 Å². The molecule has 2 fully saturated rings. The summed E-state index contributed by atoms with van der Waals surface area (Å²) >= 11 is 0. The van der Waals surface area contributed by atoms with Gasteiger partial charge in [0, 0.05) is 30.9 Å². The fourth-order valence-electron chi connectivity index (χ4n) is 3.79. The predicted octanol–water partition coefficient (Wildman–Crippen LogP) is 3.36. The number of nitrogens with zero attached hydrogens (tertiary/aromatic N) is 2. The Morgan fingerprint density at radius 1 is 0.931 bits per heavy atom. The van der Waals surface area contributed by atoms with Gasteiger partial charge in [-0.15, -0.1) is 0 Å². The molecule has 0 aliphatic carbocycles. The molecule has 2 heterocycles. The number of sulfonamides is 1. The van der Waals surface area contributed by atoms with Crippen molar-refractivity contribution in [1.29, 1.82) is 0 Å². The van der Waals surface area contributed by atoms with Gasteiger partial charge in [0.05, 0.1) is 11.4 Å². The maximum atomic E-state index is 14.4. The number of nitrogens with one attached hydrogen (secondary N) is 1. The molecule has 2 saturated heterocycles. The molecule has 0 radical (unpaired) electrons. The molecule has 0 unspecified atom stereocenters. The minimum absolute atomic E-state index is 0.0270. The van der Waals surface area contributed by atoms with Crippen LogP contribution in [0.3, 0.4) is 0 Å². The first kappa shape index (κ1) is 19.6. The fraction of sp³-hybridized carbons (Fsp3) is 0.350. The number of hydrogen-bond donors (Lipinski definition) is 1. The van der Waals surface area contributed by atoms with E-state index in [-0.39, 0.29) is 22.7 Å². The number of amides is 1. The van der Waals surface area contributed by atoms with Crippen molar-refractivity contribution in [1.82, 2.24) is 0 Å². The number of carbonyl (C=O) groups excluding carboxylic acids is 1. The maximum absolute atomic E-state index is 14.4. The topological polar surface area (TPSA) is 69.7 Å². The predicted molar refractivity (Wildman–Crippen MR) is 108 cm³/mol. The van der Waals surface area contributed by atoms with E-state index in [1.807, 2.05) is 0 Å². The number of benzene rings is 2. The third-order valence-corrected chi connectivity index (χ3v) is 7.08. The number of halogens is 2. The summed E-state index contributed by atoms with van der Waals surface area (Å²) in [6, 6.07) is 8.30. The molecule has 2 aromatic rings. The fourth-order valence-corrected chi connectivity index (χ4v) is 5.36. The van der Waals surface area contributed by atoms with E-state index in [1.54, 1.807) is 17.0 Å². The second kappa shape index (κ2) is 7.62. The van der Waals surface area contributed by atoms with E-state index in [4.69, 9.17) is 0 Å². The van der Waals surface area contributed by atoms with Gasteiger partial charge < -0.3 is 10.2 Å². The average molecular weight is 421 g/mol. The highest BCUT2D eigenvalue weighted by atomic mass is 32.2. The lowest BCUT2D eigenvalue weighted by Crippen LogP contribution is -2.25. The molecule has 1 N–H and O–H groups in total. The van der Waals surface area contributed by atoms with Gasteiger partial charge in [0.2, 0.25) is 10.0 Å². The summed E-state index contributed by atoms with van der Waals surface area (Å²) in [5.41, 5.74) is 0.719. The summed E-state index contributed by atoms with van der Waals surface area (Å²) in [7, 11) is -3.30. The molecule has 0 saturated carbocycles. The van der Waals surface area contributed by atoms with E-state index in [1.165, 1.54) is 16.4 Å². The SMILES string of the molecule is O=C(Nc1cc(F)c(N2CCCC2)c(F)c1)c1ccc(N2CCCS2(=O)=O)cc1. The molecule has 0 spiro atoms. The van der Waals surface area contributed by atoms with Crippen LogP contribution in [0.15, 0.2) is 36.4 Å². The van der Waals surface area contributed by atoms with Crippen molar-refractivity contribution in [2.75, 3.05) is 39.9 Å². The lowest BCUT2D eigenvalue weighted by atomic mass is 10.1. The lowest BCUT2D eigenvalue weighted by molar-refractivity contribution is 0.102. The Bertz CT molecular complexity index is 1010. The number of carbonyl (C=O) groups is 1. The molecule has 4 rings (SSSR count). The van der Waals surface area contributed by atoms with Crippen LogP contribution in [0, 0.1) is 11.6 Å². The normalized spacial score (nSPS) is 18.3. The summed E-state index contributed by atoms with van der Waals surface area (Å²) in [6.45, 7) is 1.63. The smallest absolute Gasteiger partial charge is 0.255 e. The summed E-state index contributed by atoms with van der Waals surface area (Å²) < 4.78 is 54.1. The van der Waals surface area contributed by atoms with Crippen LogP contribution >= 0.6 is 0 Å². The van der Waals surface area contributed by atoms with Crippen LogP contribution in [0.4, 0.5) is 25.8 Å². The zero-order chi connectivity index (χ0) is 20.6. The maximum Gasteiger partial charge on any atom is 0.255 e. The summed E-state index contributed by atoms with van der Waals surface area (Å²) in [5, 5.41) is 2.49. The molecule has 2 aromatic carbocycles. The Labute approximate surface area is 168 Å². The van der Waals surface area contributed by atoms with E-state index in [9.17, 15) is 22.0 Å². The molecule has 2 aliphatic heterocycles. The van der Waals surface area contributed by atoms with E-state index in [0.717, 1.165) is 25.0 Å². The van der Waals surface area contributed by atoms with Gasteiger partial charge in [-0.05, 0) is 55.7 Å². The second-order valence-electron chi connectivity index (χ2n) is 7.23. The lowest BCUT2D eigenvalue weighted by Gasteiger charge is -2.20. The first-order valence-corrected chi connectivity index (χ1v) is 11.1. The molecule has 29 heavy (non-hydrogen) atoms. The van der Waals surface area contributed by atoms with E-state index < -0.39 is 27.6 Å². The van der Waals surface area contributed by atoms with Crippen LogP contribution in [-0.2, 0) is 10.0 Å². The Balaban J connectivity index is 1.49. The van der Waals surface area contributed by atoms with Gasteiger partial charge in [0.25, 0.3) is 5.91 Å². The Hall–Kier alpha value is -2.68. The molecule has 2 aliphatic rings. The summed E-state index contributed by atoms with van der Waals surface area (Å²) in [4.78, 5) is 14.1. The second-order valence-corrected chi connectivity index (χ2v) is 9.24. The minimum atomic E-state index is -3.30. The molecule has 1 amide bonds. The molecular weight excluding hydrogens is 400 g/mol. The van der Waals surface area contributed by atoms with Gasteiger partial charge in [0.1, 0.15) is 5.69 Å².